The molecule has 0 bridgehead atoms. The SMILES string of the molecule is CCNC(=NCC(c1cccs1)N1CCOCC1)NCCc1ccc(OC)c(OC)c1.I. The minimum absolute atomic E-state index is 0. The number of hydrogen-bond donors (Lipinski definition) is 2. The normalized spacial score (nSPS) is 15.5. The van der Waals surface area contributed by atoms with Gasteiger partial charge in [0.05, 0.1) is 40.0 Å². The minimum atomic E-state index is 0. The van der Waals surface area contributed by atoms with Gasteiger partial charge in [0.25, 0.3) is 0 Å². The molecule has 1 fully saturated rings. The van der Waals surface area contributed by atoms with E-state index in [4.69, 9.17) is 19.2 Å². The predicted octanol–water partition coefficient (Wildman–Crippen LogP) is 3.55. The molecule has 2 N–H and O–H groups in total. The van der Waals surface area contributed by atoms with Crippen molar-refractivity contribution in [2.75, 3.05) is 60.2 Å². The van der Waals surface area contributed by atoms with Crippen molar-refractivity contribution in [1.82, 2.24) is 15.5 Å². The van der Waals surface area contributed by atoms with E-state index in [1.54, 1.807) is 25.6 Å². The zero-order valence-electron chi connectivity index (χ0n) is 19.1. The molecule has 0 spiro atoms. The van der Waals surface area contributed by atoms with Gasteiger partial charge in [-0.1, -0.05) is 12.1 Å². The number of methoxy groups -OCH3 is 2. The van der Waals surface area contributed by atoms with E-state index in [2.05, 4.69) is 46.0 Å². The third kappa shape index (κ3) is 7.79. The Morgan fingerprint density at radius 3 is 2.59 bits per heavy atom. The summed E-state index contributed by atoms with van der Waals surface area (Å²) < 4.78 is 16.3. The van der Waals surface area contributed by atoms with Gasteiger partial charge in [-0.15, -0.1) is 35.3 Å². The number of halogens is 1. The first-order valence-corrected chi connectivity index (χ1v) is 11.7. The van der Waals surface area contributed by atoms with Crippen LogP contribution in [0.25, 0.3) is 0 Å². The van der Waals surface area contributed by atoms with Crippen molar-refractivity contribution in [2.24, 2.45) is 4.99 Å². The molecule has 9 heteroatoms. The number of morpholine rings is 1. The molecular weight excluding hydrogens is 539 g/mol. The van der Waals surface area contributed by atoms with Gasteiger partial charge in [-0.3, -0.25) is 9.89 Å². The Kier molecular flexibility index (Phi) is 12.1. The second-order valence-corrected chi connectivity index (χ2v) is 8.24. The Hall–Kier alpha value is -1.56. The number of benzene rings is 1. The van der Waals surface area contributed by atoms with E-state index in [-0.39, 0.29) is 30.0 Å². The molecule has 1 aliphatic heterocycles. The van der Waals surface area contributed by atoms with Crippen LogP contribution in [0.5, 0.6) is 11.5 Å². The Bertz CT molecular complexity index is 814. The third-order valence-corrected chi connectivity index (χ3v) is 6.25. The summed E-state index contributed by atoms with van der Waals surface area (Å²) >= 11 is 1.80. The highest BCUT2D eigenvalue weighted by Crippen LogP contribution is 2.28. The maximum absolute atomic E-state index is 5.54. The van der Waals surface area contributed by atoms with Crippen LogP contribution < -0.4 is 20.1 Å². The predicted molar refractivity (Wildman–Crippen MR) is 142 cm³/mol. The van der Waals surface area contributed by atoms with E-state index in [1.807, 2.05) is 12.1 Å². The molecular formula is C23H35IN4O3S. The second kappa shape index (κ2) is 14.6. The number of aliphatic imine (C=N–C) groups is 1. The van der Waals surface area contributed by atoms with Crippen molar-refractivity contribution in [1.29, 1.82) is 0 Å². The molecule has 178 valence electrons. The summed E-state index contributed by atoms with van der Waals surface area (Å²) in [5, 5.41) is 8.97. The van der Waals surface area contributed by atoms with Crippen LogP contribution in [0.15, 0.2) is 40.7 Å². The molecule has 7 nitrogen and oxygen atoms in total. The number of hydrogen-bond acceptors (Lipinski definition) is 6. The van der Waals surface area contributed by atoms with Gasteiger partial charge in [-0.2, -0.15) is 0 Å². The maximum atomic E-state index is 5.54. The first-order valence-electron chi connectivity index (χ1n) is 10.8. The van der Waals surface area contributed by atoms with E-state index < -0.39 is 0 Å². The summed E-state index contributed by atoms with van der Waals surface area (Å²) in [7, 11) is 3.31. The highest BCUT2D eigenvalue weighted by Gasteiger charge is 2.23. The molecule has 1 atom stereocenters. The second-order valence-electron chi connectivity index (χ2n) is 7.27. The number of thiophene rings is 1. The summed E-state index contributed by atoms with van der Waals surface area (Å²) in [6, 6.07) is 10.6. The summed E-state index contributed by atoms with van der Waals surface area (Å²) in [6.45, 7) is 7.87. The molecule has 0 amide bonds. The lowest BCUT2D eigenvalue weighted by Crippen LogP contribution is -2.42. The van der Waals surface area contributed by atoms with Gasteiger partial charge in [0.2, 0.25) is 0 Å². The Morgan fingerprint density at radius 2 is 1.94 bits per heavy atom. The van der Waals surface area contributed by atoms with E-state index in [9.17, 15) is 0 Å². The van der Waals surface area contributed by atoms with Crippen molar-refractivity contribution in [3.05, 3.63) is 46.2 Å². The Labute approximate surface area is 212 Å². The number of nitrogens with zero attached hydrogens (tertiary/aromatic N) is 2. The Balaban J connectivity index is 0.00000363. The molecule has 0 aliphatic carbocycles. The molecule has 1 aliphatic rings. The van der Waals surface area contributed by atoms with Crippen molar-refractivity contribution < 1.29 is 14.2 Å². The lowest BCUT2D eigenvalue weighted by atomic mass is 10.1. The number of guanidine groups is 1. The molecule has 1 saturated heterocycles. The van der Waals surface area contributed by atoms with E-state index >= 15 is 0 Å². The number of ether oxygens (including phenoxy) is 3. The number of rotatable bonds is 10. The standard InChI is InChI=1S/C23H34N4O3S.HI/c1-4-24-23(25-10-9-18-7-8-20(28-2)21(16-18)29-3)26-17-19(22-6-5-15-31-22)27-11-13-30-14-12-27;/h5-8,15-16,19H,4,9-14,17H2,1-3H3,(H2,24,25,26);1H. The van der Waals surface area contributed by atoms with Gasteiger partial charge in [-0.25, -0.2) is 0 Å². The summed E-state index contributed by atoms with van der Waals surface area (Å²) in [5.41, 5.74) is 1.19. The fourth-order valence-corrected chi connectivity index (χ4v) is 4.49. The molecule has 3 rings (SSSR count). The Morgan fingerprint density at radius 1 is 1.16 bits per heavy atom. The van der Waals surface area contributed by atoms with Crippen LogP contribution in [0.3, 0.4) is 0 Å². The summed E-state index contributed by atoms with van der Waals surface area (Å²) in [4.78, 5) is 8.74. The molecule has 32 heavy (non-hydrogen) atoms. The van der Waals surface area contributed by atoms with Crippen molar-refractivity contribution in [3.63, 3.8) is 0 Å². The van der Waals surface area contributed by atoms with Crippen LogP contribution >= 0.6 is 35.3 Å². The molecule has 0 radical (unpaired) electrons. The highest BCUT2D eigenvalue weighted by atomic mass is 127. The van der Waals surface area contributed by atoms with Gasteiger partial charge in [-0.05, 0) is 42.5 Å². The molecule has 1 aromatic heterocycles. The monoisotopic (exact) mass is 574 g/mol. The van der Waals surface area contributed by atoms with Crippen LogP contribution in [-0.4, -0.2) is 71.0 Å². The van der Waals surface area contributed by atoms with Crippen molar-refractivity contribution in [2.45, 2.75) is 19.4 Å². The number of nitrogens with one attached hydrogen (secondary N) is 2. The van der Waals surface area contributed by atoms with Crippen molar-refractivity contribution >= 4 is 41.3 Å². The first-order chi connectivity index (χ1) is 15.2. The quantitative estimate of drug-likeness (QED) is 0.257. The van der Waals surface area contributed by atoms with Crippen LogP contribution in [0.2, 0.25) is 0 Å². The van der Waals surface area contributed by atoms with Gasteiger partial charge < -0.3 is 24.8 Å². The zero-order chi connectivity index (χ0) is 21.9. The van der Waals surface area contributed by atoms with Crippen molar-refractivity contribution in [3.8, 4) is 11.5 Å². The average Bonchev–Trinajstić information content (AvgIpc) is 3.34. The smallest absolute Gasteiger partial charge is 0.191 e. The molecule has 2 heterocycles. The topological polar surface area (TPSA) is 67.4 Å². The first kappa shape index (κ1) is 26.7. The van der Waals surface area contributed by atoms with E-state index in [0.29, 0.717) is 6.54 Å². The lowest BCUT2D eigenvalue weighted by Gasteiger charge is -2.33. The van der Waals surface area contributed by atoms with Crippen LogP contribution in [0, 0.1) is 0 Å². The fourth-order valence-electron chi connectivity index (χ4n) is 3.64. The van der Waals surface area contributed by atoms with Gasteiger partial charge in [0.1, 0.15) is 0 Å². The molecule has 1 unspecified atom stereocenters. The molecule has 2 aromatic rings. The summed E-state index contributed by atoms with van der Waals surface area (Å²) in [5.74, 6) is 2.35. The van der Waals surface area contributed by atoms with Gasteiger partial charge in [0.15, 0.2) is 17.5 Å². The highest BCUT2D eigenvalue weighted by molar-refractivity contribution is 14.0. The summed E-state index contributed by atoms with van der Waals surface area (Å²) in [6.07, 6.45) is 0.864. The molecule has 1 aromatic carbocycles. The van der Waals surface area contributed by atoms with Crippen LogP contribution in [0.1, 0.15) is 23.4 Å². The average molecular weight is 575 g/mol. The maximum Gasteiger partial charge on any atom is 0.191 e. The minimum Gasteiger partial charge on any atom is -0.493 e. The fraction of sp³-hybridized carbons (Fsp3) is 0.522. The van der Waals surface area contributed by atoms with E-state index in [1.165, 1.54) is 10.4 Å². The zero-order valence-corrected chi connectivity index (χ0v) is 22.3. The van der Waals surface area contributed by atoms with Crippen LogP contribution in [0.4, 0.5) is 0 Å². The molecule has 0 saturated carbocycles. The van der Waals surface area contributed by atoms with Gasteiger partial charge in [0, 0.05) is 31.1 Å². The third-order valence-electron chi connectivity index (χ3n) is 5.28. The van der Waals surface area contributed by atoms with Crippen LogP contribution in [-0.2, 0) is 11.2 Å². The largest absolute Gasteiger partial charge is 0.493 e. The lowest BCUT2D eigenvalue weighted by molar-refractivity contribution is 0.0186. The van der Waals surface area contributed by atoms with Gasteiger partial charge >= 0.3 is 0 Å². The van der Waals surface area contributed by atoms with E-state index in [0.717, 1.165) is 63.3 Å².